The average Bonchev–Trinajstić information content (AvgIpc) is 2.46. The van der Waals surface area contributed by atoms with Gasteiger partial charge in [-0.1, -0.05) is 17.7 Å². The molecule has 0 radical (unpaired) electrons. The Morgan fingerprint density at radius 2 is 1.86 bits per heavy atom. The molecule has 0 saturated carbocycles. The van der Waals surface area contributed by atoms with Crippen molar-refractivity contribution in [3.8, 4) is 0 Å². The van der Waals surface area contributed by atoms with Crippen LogP contribution in [0.3, 0.4) is 0 Å². The summed E-state index contributed by atoms with van der Waals surface area (Å²) in [7, 11) is 1.33. The highest BCUT2D eigenvalue weighted by Gasteiger charge is 2.20. The molecular weight excluding hydrogens is 286 g/mol. The number of thioether (sulfide) groups is 1. The summed E-state index contributed by atoms with van der Waals surface area (Å²) in [4.78, 5) is 26.2. The molecule has 0 atom stereocenters. The molecule has 21 heavy (non-hydrogen) atoms. The van der Waals surface area contributed by atoms with Crippen LogP contribution in [-0.2, 0) is 14.3 Å². The van der Waals surface area contributed by atoms with E-state index in [4.69, 9.17) is 0 Å². The second-order valence-corrected chi connectivity index (χ2v) is 6.27. The maximum absolute atomic E-state index is 12.2. The van der Waals surface area contributed by atoms with Crippen LogP contribution in [0.15, 0.2) is 29.2 Å². The van der Waals surface area contributed by atoms with Gasteiger partial charge in [0.2, 0.25) is 5.91 Å². The lowest BCUT2D eigenvalue weighted by atomic mass is 10.2. The standard InChI is InChI=1S/C16H23NO3S/c1-12(2)17(11-16(19)20-4)15(18)9-10-21-14-7-5-13(3)6-8-14/h5-8,12H,9-11H2,1-4H3. The number of carbonyl (C=O) groups excluding carboxylic acids is 2. The van der Waals surface area contributed by atoms with Gasteiger partial charge in [0.05, 0.1) is 7.11 Å². The second kappa shape index (κ2) is 8.72. The zero-order valence-corrected chi connectivity index (χ0v) is 13.9. The highest BCUT2D eigenvalue weighted by Crippen LogP contribution is 2.19. The van der Waals surface area contributed by atoms with Gasteiger partial charge in [-0.05, 0) is 32.9 Å². The summed E-state index contributed by atoms with van der Waals surface area (Å²) < 4.78 is 4.63. The minimum Gasteiger partial charge on any atom is -0.468 e. The van der Waals surface area contributed by atoms with E-state index in [2.05, 4.69) is 29.0 Å². The number of hydrogen-bond acceptors (Lipinski definition) is 4. The van der Waals surface area contributed by atoms with Gasteiger partial charge in [-0.15, -0.1) is 11.8 Å². The number of carbonyl (C=O) groups is 2. The van der Waals surface area contributed by atoms with Gasteiger partial charge in [0.15, 0.2) is 0 Å². The Balaban J connectivity index is 2.46. The molecule has 1 amide bonds. The smallest absolute Gasteiger partial charge is 0.325 e. The van der Waals surface area contributed by atoms with E-state index >= 15 is 0 Å². The molecule has 0 aliphatic carbocycles. The topological polar surface area (TPSA) is 46.6 Å². The molecule has 1 aromatic carbocycles. The van der Waals surface area contributed by atoms with E-state index in [1.807, 2.05) is 20.8 Å². The first kappa shape index (κ1) is 17.6. The lowest BCUT2D eigenvalue weighted by Gasteiger charge is -2.25. The van der Waals surface area contributed by atoms with E-state index < -0.39 is 0 Å². The SMILES string of the molecule is COC(=O)CN(C(=O)CCSc1ccc(C)cc1)C(C)C. The van der Waals surface area contributed by atoms with Crippen molar-refractivity contribution in [1.29, 1.82) is 0 Å². The molecule has 0 fully saturated rings. The van der Waals surface area contributed by atoms with Gasteiger partial charge in [-0.25, -0.2) is 0 Å². The Kier molecular flexibility index (Phi) is 7.29. The maximum Gasteiger partial charge on any atom is 0.325 e. The van der Waals surface area contributed by atoms with E-state index in [0.717, 1.165) is 4.90 Å². The van der Waals surface area contributed by atoms with E-state index in [-0.39, 0.29) is 24.5 Å². The first-order chi connectivity index (χ1) is 9.93. The van der Waals surface area contributed by atoms with Crippen LogP contribution in [-0.4, -0.2) is 42.2 Å². The molecule has 0 aliphatic rings. The number of hydrogen-bond donors (Lipinski definition) is 0. The molecular formula is C16H23NO3S. The minimum atomic E-state index is -0.386. The number of methoxy groups -OCH3 is 1. The number of nitrogens with zero attached hydrogens (tertiary/aromatic N) is 1. The van der Waals surface area contributed by atoms with E-state index in [0.29, 0.717) is 12.2 Å². The second-order valence-electron chi connectivity index (χ2n) is 5.10. The van der Waals surface area contributed by atoms with Crippen molar-refractivity contribution in [3.63, 3.8) is 0 Å². The van der Waals surface area contributed by atoms with Crippen LogP contribution >= 0.6 is 11.8 Å². The third-order valence-corrected chi connectivity index (χ3v) is 4.09. The van der Waals surface area contributed by atoms with Gasteiger partial charge in [0, 0.05) is 23.1 Å². The molecule has 0 N–H and O–H groups in total. The zero-order chi connectivity index (χ0) is 15.8. The number of amides is 1. The largest absolute Gasteiger partial charge is 0.468 e. The van der Waals surface area contributed by atoms with Gasteiger partial charge in [-0.3, -0.25) is 9.59 Å². The molecule has 0 spiro atoms. The van der Waals surface area contributed by atoms with Crippen LogP contribution in [0, 0.1) is 6.92 Å². The number of benzene rings is 1. The normalized spacial score (nSPS) is 10.5. The van der Waals surface area contributed by atoms with Crippen LogP contribution in [0.4, 0.5) is 0 Å². The fourth-order valence-corrected chi connectivity index (χ4v) is 2.64. The zero-order valence-electron chi connectivity index (χ0n) is 13.1. The molecule has 0 aliphatic heterocycles. The summed E-state index contributed by atoms with van der Waals surface area (Å²) in [6.07, 6.45) is 0.410. The molecule has 116 valence electrons. The van der Waals surface area contributed by atoms with Gasteiger partial charge in [-0.2, -0.15) is 0 Å². The molecule has 5 heteroatoms. The van der Waals surface area contributed by atoms with Gasteiger partial charge in [0.25, 0.3) is 0 Å². The molecule has 0 saturated heterocycles. The van der Waals surface area contributed by atoms with Crippen molar-refractivity contribution in [2.75, 3.05) is 19.4 Å². The number of rotatable bonds is 7. The molecule has 4 nitrogen and oxygen atoms in total. The first-order valence-corrected chi connectivity index (χ1v) is 7.98. The van der Waals surface area contributed by atoms with Gasteiger partial charge < -0.3 is 9.64 Å². The van der Waals surface area contributed by atoms with Crippen molar-refractivity contribution in [2.24, 2.45) is 0 Å². The molecule has 1 rings (SSSR count). The molecule has 0 bridgehead atoms. The Morgan fingerprint density at radius 3 is 2.38 bits per heavy atom. The van der Waals surface area contributed by atoms with Crippen LogP contribution < -0.4 is 0 Å². The van der Waals surface area contributed by atoms with Crippen molar-refractivity contribution in [2.45, 2.75) is 38.1 Å². The maximum atomic E-state index is 12.2. The van der Waals surface area contributed by atoms with Crippen LogP contribution in [0.2, 0.25) is 0 Å². The van der Waals surface area contributed by atoms with Crippen LogP contribution in [0.25, 0.3) is 0 Å². The Morgan fingerprint density at radius 1 is 1.24 bits per heavy atom. The van der Waals surface area contributed by atoms with Gasteiger partial charge >= 0.3 is 5.97 Å². The third-order valence-electron chi connectivity index (χ3n) is 3.08. The first-order valence-electron chi connectivity index (χ1n) is 6.99. The van der Waals surface area contributed by atoms with Crippen LogP contribution in [0.5, 0.6) is 0 Å². The predicted molar refractivity (Wildman–Crippen MR) is 85.4 cm³/mol. The molecule has 1 aromatic rings. The highest BCUT2D eigenvalue weighted by atomic mass is 32.2. The predicted octanol–water partition coefficient (Wildman–Crippen LogP) is 2.89. The summed E-state index contributed by atoms with van der Waals surface area (Å²) in [6.45, 7) is 5.86. The summed E-state index contributed by atoms with van der Waals surface area (Å²) >= 11 is 1.65. The molecule has 0 aromatic heterocycles. The molecule has 0 heterocycles. The fourth-order valence-electron chi connectivity index (χ4n) is 1.80. The summed E-state index contributed by atoms with van der Waals surface area (Å²) in [6, 6.07) is 8.21. The third kappa shape index (κ3) is 6.21. The van der Waals surface area contributed by atoms with Crippen LogP contribution in [0.1, 0.15) is 25.8 Å². The summed E-state index contributed by atoms with van der Waals surface area (Å²) in [5, 5.41) is 0. The quantitative estimate of drug-likeness (QED) is 0.574. The highest BCUT2D eigenvalue weighted by molar-refractivity contribution is 7.99. The van der Waals surface area contributed by atoms with Crippen molar-refractivity contribution < 1.29 is 14.3 Å². The Labute approximate surface area is 130 Å². The Hall–Kier alpha value is -1.49. The molecule has 0 unspecified atom stereocenters. The summed E-state index contributed by atoms with van der Waals surface area (Å²) in [5.74, 6) is 0.296. The fraction of sp³-hybridized carbons (Fsp3) is 0.500. The lowest BCUT2D eigenvalue weighted by molar-refractivity contribution is -0.148. The minimum absolute atomic E-state index is 0.0130. The monoisotopic (exact) mass is 309 g/mol. The average molecular weight is 309 g/mol. The van der Waals surface area contributed by atoms with Crippen molar-refractivity contribution in [1.82, 2.24) is 4.90 Å². The van der Waals surface area contributed by atoms with Crippen molar-refractivity contribution in [3.05, 3.63) is 29.8 Å². The van der Waals surface area contributed by atoms with Crippen molar-refractivity contribution >= 4 is 23.6 Å². The van der Waals surface area contributed by atoms with Gasteiger partial charge in [0.1, 0.15) is 6.54 Å². The number of esters is 1. The van der Waals surface area contributed by atoms with E-state index in [1.165, 1.54) is 12.7 Å². The van der Waals surface area contributed by atoms with E-state index in [1.54, 1.807) is 16.7 Å². The van der Waals surface area contributed by atoms with E-state index in [9.17, 15) is 9.59 Å². The summed E-state index contributed by atoms with van der Waals surface area (Å²) in [5.41, 5.74) is 1.22. The number of aryl methyl sites for hydroxylation is 1. The lowest BCUT2D eigenvalue weighted by Crippen LogP contribution is -2.41. The Bertz CT molecular complexity index is 471. The number of ether oxygens (including phenoxy) is 1.